The number of ether oxygens (including phenoxy) is 5. The summed E-state index contributed by atoms with van der Waals surface area (Å²) in [7, 11) is -2.04. The molecule has 1 saturated heterocycles. The lowest BCUT2D eigenvalue weighted by molar-refractivity contribution is -0.146. The molecule has 0 saturated carbocycles. The first-order valence-electron chi connectivity index (χ1n) is 13.2. The van der Waals surface area contributed by atoms with Gasteiger partial charge in [0.25, 0.3) is 0 Å². The number of nitrogens with one attached hydrogen (secondary N) is 1. The van der Waals surface area contributed by atoms with Crippen LogP contribution in [0.25, 0.3) is 11.2 Å². The van der Waals surface area contributed by atoms with Crippen molar-refractivity contribution in [2.75, 3.05) is 46.4 Å². The quantitative estimate of drug-likeness (QED) is 0.159. The molecule has 1 fully saturated rings. The number of aromatic nitrogens is 4. The van der Waals surface area contributed by atoms with Gasteiger partial charge >= 0.3 is 19.7 Å². The molecule has 0 amide bonds. The molecule has 0 radical (unpaired) electrons. The zero-order chi connectivity index (χ0) is 32.2. The molecule has 0 aliphatic carbocycles. The third-order valence-corrected chi connectivity index (χ3v) is 7.74. The topological polar surface area (TPSA) is 238 Å². The second-order valence-corrected chi connectivity index (χ2v) is 12.4. The number of esters is 2. The summed E-state index contributed by atoms with van der Waals surface area (Å²) in [6.07, 6.45) is -2.89. The lowest BCUT2D eigenvalue weighted by atomic mass is 9.96. The van der Waals surface area contributed by atoms with Crippen LogP contribution in [0.2, 0.25) is 0 Å². The second kappa shape index (κ2) is 13.8. The largest absolute Gasteiger partial charge is 0.479 e. The van der Waals surface area contributed by atoms with E-state index in [1.165, 1.54) is 24.9 Å². The van der Waals surface area contributed by atoms with Crippen LogP contribution in [0.5, 0.6) is 5.88 Å². The van der Waals surface area contributed by atoms with Crippen molar-refractivity contribution in [3.8, 4) is 5.88 Å². The van der Waals surface area contributed by atoms with E-state index in [9.17, 15) is 24.4 Å². The predicted molar refractivity (Wildman–Crippen MR) is 148 cm³/mol. The zero-order valence-electron chi connectivity index (χ0n) is 25.0. The van der Waals surface area contributed by atoms with E-state index in [1.807, 2.05) is 0 Å². The molecular formula is C24H39N6O12P. The molecular weight excluding hydrogens is 595 g/mol. The monoisotopic (exact) mass is 634 g/mol. The van der Waals surface area contributed by atoms with Crippen molar-refractivity contribution in [3.63, 3.8) is 0 Å². The van der Waals surface area contributed by atoms with Crippen LogP contribution in [-0.4, -0.2) is 112 Å². The minimum absolute atomic E-state index is 0.0366. The van der Waals surface area contributed by atoms with Gasteiger partial charge < -0.3 is 39.6 Å². The molecule has 3 heterocycles. The number of nitrogen functional groups attached to an aromatic ring is 1. The number of fused-ring (bicyclic) bond motifs is 1. The number of hydrogen-bond acceptors (Lipinski definition) is 16. The maximum Gasteiger partial charge on any atom is 0.407 e. The second-order valence-electron chi connectivity index (χ2n) is 10.6. The molecule has 18 nitrogen and oxygen atoms in total. The summed E-state index contributed by atoms with van der Waals surface area (Å²) in [6.45, 7) is 6.42. The summed E-state index contributed by atoms with van der Waals surface area (Å²) < 4.78 is 52.3. The van der Waals surface area contributed by atoms with Gasteiger partial charge in [-0.1, -0.05) is 0 Å². The van der Waals surface area contributed by atoms with E-state index in [1.54, 1.807) is 27.7 Å². The highest BCUT2D eigenvalue weighted by Crippen LogP contribution is 2.47. The molecule has 1 unspecified atom stereocenters. The molecule has 2 aromatic heterocycles. The molecule has 2 aromatic rings. The van der Waals surface area contributed by atoms with Crippen molar-refractivity contribution in [3.05, 3.63) is 6.33 Å². The Hall–Kier alpha value is -2.96. The number of aliphatic hydroxyl groups is 2. The van der Waals surface area contributed by atoms with E-state index in [4.69, 9.17) is 38.5 Å². The number of aliphatic hydroxyl groups excluding tert-OH is 1. The first-order chi connectivity index (χ1) is 20.0. The highest BCUT2D eigenvalue weighted by molar-refractivity contribution is 7.51. The minimum Gasteiger partial charge on any atom is -0.479 e. The Morgan fingerprint density at radius 1 is 1.28 bits per heavy atom. The van der Waals surface area contributed by atoms with Gasteiger partial charge in [0.2, 0.25) is 11.8 Å². The molecule has 0 spiro atoms. The van der Waals surface area contributed by atoms with Crippen LogP contribution in [0.3, 0.4) is 0 Å². The molecule has 3 rings (SSSR count). The van der Waals surface area contributed by atoms with Crippen LogP contribution in [0.4, 0.5) is 5.95 Å². The van der Waals surface area contributed by atoms with Crippen LogP contribution in [0, 0.1) is 0 Å². The first kappa shape index (κ1) is 34.5. The predicted octanol–water partition coefficient (Wildman–Crippen LogP) is 0.0771. The number of nitrogens with zero attached hydrogens (tertiary/aromatic N) is 4. The van der Waals surface area contributed by atoms with E-state index in [2.05, 4.69) is 20.0 Å². The highest BCUT2D eigenvalue weighted by atomic mass is 31.2. The number of carbonyl (C=O) groups is 2. The average molecular weight is 635 g/mol. The number of carbonyl (C=O) groups excluding carboxylic acids is 2. The fourth-order valence-corrected chi connectivity index (χ4v) is 5.45. The average Bonchev–Trinajstić information content (AvgIpc) is 3.45. The number of hydrogen-bond donors (Lipinski definition) is 4. The summed E-state index contributed by atoms with van der Waals surface area (Å²) >= 11 is 0. The summed E-state index contributed by atoms with van der Waals surface area (Å²) in [5.41, 5.74) is 3.53. The van der Waals surface area contributed by atoms with Gasteiger partial charge in [-0.15, -0.1) is 0 Å². The molecule has 6 atom stereocenters. The summed E-state index contributed by atoms with van der Waals surface area (Å²) in [4.78, 5) is 36.8. The van der Waals surface area contributed by atoms with Gasteiger partial charge in [0, 0.05) is 0 Å². The third-order valence-electron chi connectivity index (χ3n) is 6.16. The van der Waals surface area contributed by atoms with Gasteiger partial charge in [-0.05, 0) is 34.6 Å². The molecule has 5 N–H and O–H groups in total. The van der Waals surface area contributed by atoms with Crippen LogP contribution < -0.4 is 15.6 Å². The van der Waals surface area contributed by atoms with Gasteiger partial charge in [0.1, 0.15) is 23.9 Å². The first-order valence-corrected chi connectivity index (χ1v) is 14.7. The molecule has 242 valence electrons. The summed E-state index contributed by atoms with van der Waals surface area (Å²) in [5, 5.41) is 24.7. The molecule has 0 aromatic carbocycles. The number of anilines is 1. The standard InChI is InChI=1S/C24H39N6O12P/c1-8-38-15(31)11-41-43(35,29-13(20(33)37-7)9-39-23(2,3)4)40-10-14-17(32)24(5,34)21(42-14)30-12-26-16-18(30)27-22(25)28-19(16)36-6/h12-14,17,21,32,34H,8-11H2,1-7H3,(H,29,35)(H2,25,27,28)/t13-,14+,17+,21+,24+,43?/m0/s1. The minimum atomic E-state index is -4.54. The van der Waals surface area contributed by atoms with Gasteiger partial charge in [-0.2, -0.15) is 9.97 Å². The van der Waals surface area contributed by atoms with Crippen LogP contribution >= 0.6 is 7.75 Å². The Morgan fingerprint density at radius 3 is 2.58 bits per heavy atom. The van der Waals surface area contributed by atoms with Gasteiger partial charge in [-0.3, -0.25) is 18.4 Å². The Labute approximate surface area is 247 Å². The number of nitrogens with two attached hydrogens (primary N) is 1. The molecule has 0 bridgehead atoms. The van der Waals surface area contributed by atoms with Crippen molar-refractivity contribution in [1.82, 2.24) is 24.6 Å². The Balaban J connectivity index is 1.85. The van der Waals surface area contributed by atoms with E-state index < -0.39 is 68.6 Å². The summed E-state index contributed by atoms with van der Waals surface area (Å²) in [6, 6.07) is -1.35. The number of methoxy groups -OCH3 is 2. The van der Waals surface area contributed by atoms with Gasteiger partial charge in [0.15, 0.2) is 24.0 Å². The van der Waals surface area contributed by atoms with Crippen molar-refractivity contribution in [1.29, 1.82) is 0 Å². The molecule has 43 heavy (non-hydrogen) atoms. The van der Waals surface area contributed by atoms with Crippen molar-refractivity contribution < 1.29 is 57.1 Å². The van der Waals surface area contributed by atoms with Crippen LogP contribution in [-0.2, 0) is 42.1 Å². The maximum absolute atomic E-state index is 13.8. The van der Waals surface area contributed by atoms with Gasteiger partial charge in [-0.25, -0.2) is 19.4 Å². The Kier molecular flexibility index (Phi) is 11.1. The van der Waals surface area contributed by atoms with E-state index in [0.29, 0.717) is 0 Å². The summed E-state index contributed by atoms with van der Waals surface area (Å²) in [5.74, 6) is -1.75. The fraction of sp³-hybridized carbons (Fsp3) is 0.708. The smallest absolute Gasteiger partial charge is 0.407 e. The SMILES string of the molecule is CCOC(=O)COP(=O)(N[C@@H](COC(C)(C)C)C(=O)OC)OC[C@H]1O[C@@H](n2cnc3c(OC)nc(N)nc32)[C@](C)(O)[C@@H]1O. The van der Waals surface area contributed by atoms with Crippen LogP contribution in [0.15, 0.2) is 6.33 Å². The highest BCUT2D eigenvalue weighted by Gasteiger charge is 2.54. The Morgan fingerprint density at radius 2 is 1.98 bits per heavy atom. The van der Waals surface area contributed by atoms with Gasteiger partial charge in [0.05, 0.1) is 46.0 Å². The van der Waals surface area contributed by atoms with Crippen LogP contribution in [0.1, 0.15) is 40.8 Å². The Bertz CT molecular complexity index is 1330. The fourth-order valence-electron chi connectivity index (χ4n) is 4.05. The number of imidazole rings is 1. The lowest BCUT2D eigenvalue weighted by Gasteiger charge is -2.28. The van der Waals surface area contributed by atoms with Crippen molar-refractivity contribution >= 4 is 36.8 Å². The molecule has 1 aliphatic heterocycles. The van der Waals surface area contributed by atoms with E-state index in [0.717, 1.165) is 7.11 Å². The molecule has 19 heteroatoms. The number of rotatable bonds is 14. The molecule has 1 aliphatic rings. The van der Waals surface area contributed by atoms with E-state index >= 15 is 0 Å². The van der Waals surface area contributed by atoms with Crippen molar-refractivity contribution in [2.24, 2.45) is 0 Å². The lowest BCUT2D eigenvalue weighted by Crippen LogP contribution is -2.45. The maximum atomic E-state index is 13.8. The zero-order valence-corrected chi connectivity index (χ0v) is 25.9. The van der Waals surface area contributed by atoms with Crippen molar-refractivity contribution in [2.45, 2.75) is 70.3 Å². The van der Waals surface area contributed by atoms with E-state index in [-0.39, 0.29) is 36.2 Å². The third kappa shape index (κ3) is 8.36. The normalized spacial score (nSPS) is 24.4.